The van der Waals surface area contributed by atoms with Gasteiger partial charge in [-0.05, 0) is 37.0 Å². The summed E-state index contributed by atoms with van der Waals surface area (Å²) in [6.45, 7) is 1.73. The Morgan fingerprint density at radius 1 is 1.27 bits per heavy atom. The number of aromatic nitrogens is 3. The molecule has 0 bridgehead atoms. The monoisotopic (exact) mass is 369 g/mol. The van der Waals surface area contributed by atoms with Crippen molar-refractivity contribution in [1.29, 1.82) is 0 Å². The molecule has 0 amide bonds. The van der Waals surface area contributed by atoms with E-state index in [0.29, 0.717) is 40.3 Å². The van der Waals surface area contributed by atoms with Crippen LogP contribution >= 0.6 is 11.6 Å². The molecule has 7 heteroatoms. The van der Waals surface area contributed by atoms with Gasteiger partial charge in [0.2, 0.25) is 0 Å². The highest BCUT2D eigenvalue weighted by molar-refractivity contribution is 6.30. The number of hydrogen-bond donors (Lipinski definition) is 0. The van der Waals surface area contributed by atoms with Gasteiger partial charge < -0.3 is 4.74 Å². The fraction of sp³-hybridized carbons (Fsp3) is 0.263. The van der Waals surface area contributed by atoms with Crippen LogP contribution in [0, 0.1) is 6.92 Å². The van der Waals surface area contributed by atoms with Crippen LogP contribution in [-0.2, 0) is 11.2 Å². The molecule has 1 aliphatic rings. The maximum atomic E-state index is 12.7. The van der Waals surface area contributed by atoms with Gasteiger partial charge >= 0.3 is 5.97 Å². The standard InChI is InChI=1S/C19H16ClN3O3/c1-10-17(19(25)26-2)18-21-9-14-15(23(18)22-10)7-12(8-16(14)24)11-3-5-13(20)6-4-11/h3-6,9,12H,7-8H2,1-2H3. The van der Waals surface area contributed by atoms with Gasteiger partial charge in [0.05, 0.1) is 24.1 Å². The van der Waals surface area contributed by atoms with Crippen molar-refractivity contribution in [2.75, 3.05) is 7.11 Å². The number of hydrogen-bond acceptors (Lipinski definition) is 5. The molecule has 132 valence electrons. The largest absolute Gasteiger partial charge is 0.465 e. The van der Waals surface area contributed by atoms with Gasteiger partial charge in [-0.1, -0.05) is 23.7 Å². The Hall–Kier alpha value is -2.73. The molecule has 1 atom stereocenters. The third-order valence-electron chi connectivity index (χ3n) is 4.82. The van der Waals surface area contributed by atoms with Crippen LogP contribution in [0.4, 0.5) is 0 Å². The van der Waals surface area contributed by atoms with Crippen LogP contribution in [0.3, 0.4) is 0 Å². The molecule has 2 heterocycles. The van der Waals surface area contributed by atoms with Crippen molar-refractivity contribution in [3.63, 3.8) is 0 Å². The summed E-state index contributed by atoms with van der Waals surface area (Å²) < 4.78 is 6.45. The third kappa shape index (κ3) is 2.57. The number of carbonyl (C=O) groups excluding carboxylic acids is 2. The van der Waals surface area contributed by atoms with E-state index in [0.717, 1.165) is 11.3 Å². The van der Waals surface area contributed by atoms with Gasteiger partial charge in [-0.2, -0.15) is 5.10 Å². The molecule has 0 fully saturated rings. The zero-order valence-electron chi connectivity index (χ0n) is 14.3. The van der Waals surface area contributed by atoms with Gasteiger partial charge in [0.15, 0.2) is 11.4 Å². The minimum atomic E-state index is -0.485. The Labute approximate surface area is 154 Å². The SMILES string of the molecule is COC(=O)c1c(C)nn2c3c(cnc12)C(=O)CC(c1ccc(Cl)cc1)C3. The van der Waals surface area contributed by atoms with Crippen molar-refractivity contribution in [1.82, 2.24) is 14.6 Å². The average Bonchev–Trinajstić information content (AvgIpc) is 2.98. The van der Waals surface area contributed by atoms with Gasteiger partial charge in [-0.3, -0.25) is 4.79 Å². The van der Waals surface area contributed by atoms with Crippen molar-refractivity contribution in [3.05, 3.63) is 63.6 Å². The number of carbonyl (C=O) groups is 2. The number of fused-ring (bicyclic) bond motifs is 3. The van der Waals surface area contributed by atoms with Gasteiger partial charge in [0, 0.05) is 17.6 Å². The second-order valence-electron chi connectivity index (χ2n) is 6.39. The average molecular weight is 370 g/mol. The second kappa shape index (κ2) is 6.21. The Morgan fingerprint density at radius 2 is 2.00 bits per heavy atom. The van der Waals surface area contributed by atoms with Crippen LogP contribution in [-0.4, -0.2) is 33.5 Å². The second-order valence-corrected chi connectivity index (χ2v) is 6.82. The molecule has 0 saturated carbocycles. The number of Topliss-reactive ketones (excluding diaryl/α,β-unsaturated/α-hetero) is 1. The summed E-state index contributed by atoms with van der Waals surface area (Å²) in [7, 11) is 1.32. The maximum Gasteiger partial charge on any atom is 0.343 e. The van der Waals surface area contributed by atoms with Crippen molar-refractivity contribution < 1.29 is 14.3 Å². The van der Waals surface area contributed by atoms with E-state index < -0.39 is 5.97 Å². The predicted molar refractivity (Wildman–Crippen MR) is 95.9 cm³/mol. The van der Waals surface area contributed by atoms with E-state index in [4.69, 9.17) is 16.3 Å². The predicted octanol–water partition coefficient (Wildman–Crippen LogP) is 3.39. The summed E-state index contributed by atoms with van der Waals surface area (Å²) in [5.41, 5.74) is 3.65. The highest BCUT2D eigenvalue weighted by Crippen LogP contribution is 2.33. The molecule has 0 N–H and O–H groups in total. The number of benzene rings is 1. The number of methoxy groups -OCH3 is 1. The van der Waals surface area contributed by atoms with Gasteiger partial charge in [-0.25, -0.2) is 14.3 Å². The van der Waals surface area contributed by atoms with Gasteiger partial charge in [-0.15, -0.1) is 0 Å². The van der Waals surface area contributed by atoms with E-state index in [2.05, 4.69) is 10.1 Å². The fourth-order valence-electron chi connectivity index (χ4n) is 3.52. The summed E-state index contributed by atoms with van der Waals surface area (Å²) >= 11 is 5.97. The highest BCUT2D eigenvalue weighted by Gasteiger charge is 2.31. The van der Waals surface area contributed by atoms with E-state index >= 15 is 0 Å². The molecule has 4 rings (SSSR count). The fourth-order valence-corrected chi connectivity index (χ4v) is 3.64. The first-order chi connectivity index (χ1) is 12.5. The van der Waals surface area contributed by atoms with Crippen LogP contribution < -0.4 is 0 Å². The van der Waals surface area contributed by atoms with Crippen molar-refractivity contribution in [2.24, 2.45) is 0 Å². The number of ether oxygens (including phenoxy) is 1. The van der Waals surface area contributed by atoms with E-state index in [1.165, 1.54) is 7.11 Å². The van der Waals surface area contributed by atoms with Crippen LogP contribution in [0.1, 0.15) is 50.0 Å². The van der Waals surface area contributed by atoms with Crippen LogP contribution in [0.15, 0.2) is 30.5 Å². The maximum absolute atomic E-state index is 12.7. The number of nitrogens with zero attached hydrogens (tertiary/aromatic N) is 3. The van der Waals surface area contributed by atoms with Crippen LogP contribution in [0.2, 0.25) is 5.02 Å². The Balaban J connectivity index is 1.85. The number of rotatable bonds is 2. The molecular weight excluding hydrogens is 354 g/mol. The first kappa shape index (κ1) is 16.7. The molecule has 2 aromatic heterocycles. The molecule has 1 aromatic carbocycles. The third-order valence-corrected chi connectivity index (χ3v) is 5.07. The molecule has 3 aromatic rings. The minimum absolute atomic E-state index is 0.0216. The first-order valence-electron chi connectivity index (χ1n) is 8.23. The molecule has 6 nitrogen and oxygen atoms in total. The summed E-state index contributed by atoms with van der Waals surface area (Å²) in [5, 5.41) is 5.11. The molecule has 0 spiro atoms. The smallest absolute Gasteiger partial charge is 0.343 e. The molecular formula is C19H16ClN3O3. The molecule has 0 aliphatic heterocycles. The lowest BCUT2D eigenvalue weighted by atomic mass is 9.82. The lowest BCUT2D eigenvalue weighted by molar-refractivity contribution is 0.0601. The van der Waals surface area contributed by atoms with Crippen molar-refractivity contribution in [3.8, 4) is 0 Å². The van der Waals surface area contributed by atoms with E-state index in [-0.39, 0.29) is 11.7 Å². The Morgan fingerprint density at radius 3 is 2.69 bits per heavy atom. The number of halogens is 1. The lowest BCUT2D eigenvalue weighted by Crippen LogP contribution is -2.22. The summed E-state index contributed by atoms with van der Waals surface area (Å²) in [5.74, 6) is -0.432. The molecule has 1 unspecified atom stereocenters. The van der Waals surface area contributed by atoms with E-state index in [1.54, 1.807) is 17.6 Å². The van der Waals surface area contributed by atoms with E-state index in [1.807, 2.05) is 24.3 Å². The molecule has 0 saturated heterocycles. The molecule has 1 aliphatic carbocycles. The number of esters is 1. The molecule has 26 heavy (non-hydrogen) atoms. The summed E-state index contributed by atoms with van der Waals surface area (Å²) in [6.07, 6.45) is 2.58. The van der Waals surface area contributed by atoms with Crippen molar-refractivity contribution >= 4 is 29.0 Å². The van der Waals surface area contributed by atoms with Crippen LogP contribution in [0.5, 0.6) is 0 Å². The summed E-state index contributed by atoms with van der Waals surface area (Å²) in [6, 6.07) is 7.54. The lowest BCUT2D eigenvalue weighted by Gasteiger charge is -2.24. The Kier molecular flexibility index (Phi) is 4.00. The normalized spacial score (nSPS) is 16.6. The minimum Gasteiger partial charge on any atom is -0.465 e. The summed E-state index contributed by atoms with van der Waals surface area (Å²) in [4.78, 5) is 29.0. The van der Waals surface area contributed by atoms with Gasteiger partial charge in [0.25, 0.3) is 0 Å². The van der Waals surface area contributed by atoms with Crippen molar-refractivity contribution in [2.45, 2.75) is 25.7 Å². The van der Waals surface area contributed by atoms with E-state index in [9.17, 15) is 9.59 Å². The number of aryl methyl sites for hydroxylation is 1. The van der Waals surface area contributed by atoms with Gasteiger partial charge in [0.1, 0.15) is 5.56 Å². The zero-order valence-corrected chi connectivity index (χ0v) is 15.1. The first-order valence-corrected chi connectivity index (χ1v) is 8.61. The molecule has 0 radical (unpaired) electrons. The number of ketones is 1. The topological polar surface area (TPSA) is 73.6 Å². The highest BCUT2D eigenvalue weighted by atomic mass is 35.5. The Bertz CT molecular complexity index is 1040. The quantitative estimate of drug-likeness (QED) is 0.647. The van der Waals surface area contributed by atoms with Crippen LogP contribution in [0.25, 0.3) is 5.65 Å². The zero-order chi connectivity index (χ0) is 18.4.